The molecule has 0 aliphatic heterocycles. The fraction of sp³-hybridized carbons (Fsp3) is 0.0909. The highest BCUT2D eigenvalue weighted by atomic mass is 127. The monoisotopic (exact) mass is 543 g/mol. The van der Waals surface area contributed by atoms with E-state index < -0.39 is 11.7 Å². The molecular formula is C22H15ClIN5O2. The zero-order chi connectivity index (χ0) is 21.7. The van der Waals surface area contributed by atoms with Crippen LogP contribution in [0.25, 0.3) is 32.9 Å². The Morgan fingerprint density at radius 1 is 1.13 bits per heavy atom. The van der Waals surface area contributed by atoms with Crippen molar-refractivity contribution >= 4 is 61.8 Å². The van der Waals surface area contributed by atoms with Crippen LogP contribution in [0.4, 0.5) is 5.82 Å². The Hall–Kier alpha value is -2.98. The summed E-state index contributed by atoms with van der Waals surface area (Å²) in [6.45, 7) is 1.90. The van der Waals surface area contributed by atoms with Crippen molar-refractivity contribution in [3.05, 3.63) is 79.8 Å². The third kappa shape index (κ3) is 3.26. The van der Waals surface area contributed by atoms with Gasteiger partial charge in [-0.3, -0.25) is 0 Å². The van der Waals surface area contributed by atoms with E-state index in [2.05, 4.69) is 37.7 Å². The molecule has 0 bridgehead atoms. The molecule has 3 heterocycles. The van der Waals surface area contributed by atoms with Crippen LogP contribution in [0, 0.1) is 3.70 Å². The predicted octanol–water partition coefficient (Wildman–Crippen LogP) is 5.05. The lowest BCUT2D eigenvalue weighted by Crippen LogP contribution is -2.14. The first kappa shape index (κ1) is 20.0. The summed E-state index contributed by atoms with van der Waals surface area (Å²) in [5.41, 5.74) is 7.86. The van der Waals surface area contributed by atoms with Crippen LogP contribution in [-0.4, -0.2) is 19.7 Å². The summed E-state index contributed by atoms with van der Waals surface area (Å²) in [5.74, 6) is 0.812. The lowest BCUT2D eigenvalue weighted by Gasteiger charge is -2.18. The number of halogens is 2. The lowest BCUT2D eigenvalue weighted by molar-refractivity contribution is 0.404. The minimum absolute atomic E-state index is 0.350. The maximum atomic E-state index is 12.9. The molecule has 0 saturated carbocycles. The molecule has 0 aliphatic carbocycles. The minimum atomic E-state index is -0.452. The zero-order valence-electron chi connectivity index (χ0n) is 16.2. The molecule has 0 amide bonds. The smallest absolute Gasteiger partial charge is 0.343 e. The van der Waals surface area contributed by atoms with Gasteiger partial charge in [0.1, 0.15) is 27.6 Å². The number of nitrogens with two attached hydrogens (primary N) is 1. The van der Waals surface area contributed by atoms with Crippen LogP contribution in [0.2, 0.25) is 5.02 Å². The van der Waals surface area contributed by atoms with Crippen molar-refractivity contribution in [2.75, 3.05) is 5.73 Å². The molecule has 0 spiro atoms. The number of nitrogens with zero attached hydrogens (tertiary/aromatic N) is 4. The highest BCUT2D eigenvalue weighted by molar-refractivity contribution is 14.1. The number of hydrogen-bond acceptors (Lipinski definition) is 6. The van der Waals surface area contributed by atoms with Crippen molar-refractivity contribution in [3.63, 3.8) is 0 Å². The first-order chi connectivity index (χ1) is 15.0. The second kappa shape index (κ2) is 7.61. The Balaban J connectivity index is 1.85. The molecule has 1 unspecified atom stereocenters. The van der Waals surface area contributed by atoms with Gasteiger partial charge in [-0.25, -0.2) is 19.4 Å². The van der Waals surface area contributed by atoms with Gasteiger partial charge in [-0.1, -0.05) is 41.9 Å². The maximum absolute atomic E-state index is 12.9. The topological polar surface area (TPSA) is 99.8 Å². The number of nitrogen functional groups attached to an aromatic ring is 1. The molecular weight excluding hydrogens is 529 g/mol. The van der Waals surface area contributed by atoms with Gasteiger partial charge in [0.25, 0.3) is 0 Å². The Morgan fingerprint density at radius 2 is 1.90 bits per heavy atom. The van der Waals surface area contributed by atoms with Gasteiger partial charge < -0.3 is 10.2 Å². The highest BCUT2D eigenvalue weighted by Crippen LogP contribution is 2.37. The summed E-state index contributed by atoms with van der Waals surface area (Å²) in [4.78, 5) is 21.3. The minimum Gasteiger partial charge on any atom is -0.424 e. The van der Waals surface area contributed by atoms with Crippen molar-refractivity contribution in [1.29, 1.82) is 0 Å². The number of hydrogen-bond donors (Lipinski definition) is 1. The molecule has 154 valence electrons. The quantitative estimate of drug-likeness (QED) is 0.320. The highest BCUT2D eigenvalue weighted by Gasteiger charge is 2.25. The van der Waals surface area contributed by atoms with E-state index >= 15 is 0 Å². The van der Waals surface area contributed by atoms with Crippen molar-refractivity contribution in [3.8, 4) is 11.1 Å². The lowest BCUT2D eigenvalue weighted by atomic mass is 9.96. The van der Waals surface area contributed by atoms with Gasteiger partial charge in [0, 0.05) is 16.0 Å². The molecule has 9 heteroatoms. The van der Waals surface area contributed by atoms with Crippen molar-refractivity contribution in [1.82, 2.24) is 19.7 Å². The summed E-state index contributed by atoms with van der Waals surface area (Å²) in [5, 5.41) is 7.01. The van der Waals surface area contributed by atoms with Crippen LogP contribution in [0.3, 0.4) is 0 Å². The number of anilines is 1. The average Bonchev–Trinajstić information content (AvgIpc) is 3.11. The van der Waals surface area contributed by atoms with Crippen LogP contribution in [0.5, 0.6) is 0 Å². The van der Waals surface area contributed by atoms with Crippen LogP contribution in [-0.2, 0) is 0 Å². The molecule has 5 aromatic rings. The van der Waals surface area contributed by atoms with Crippen LogP contribution in [0.1, 0.15) is 18.7 Å². The van der Waals surface area contributed by atoms with Crippen molar-refractivity contribution in [2.45, 2.75) is 13.0 Å². The Labute approximate surface area is 195 Å². The SMILES string of the molecule is CC(c1oc(=O)c2ccc(Cl)cc2c1-c1ccccc1)n1nc(I)c2c(N)ncnc21. The Kier molecular flexibility index (Phi) is 4.90. The van der Waals surface area contributed by atoms with Gasteiger partial charge in [0.15, 0.2) is 5.65 Å². The van der Waals surface area contributed by atoms with Crippen molar-refractivity contribution in [2.24, 2.45) is 0 Å². The van der Waals surface area contributed by atoms with Crippen LogP contribution < -0.4 is 11.4 Å². The summed E-state index contributed by atoms with van der Waals surface area (Å²) in [6.07, 6.45) is 1.40. The van der Waals surface area contributed by atoms with Gasteiger partial charge >= 0.3 is 5.63 Å². The van der Waals surface area contributed by atoms with E-state index in [1.807, 2.05) is 37.3 Å². The van der Waals surface area contributed by atoms with Gasteiger partial charge in [0.05, 0.1) is 10.8 Å². The van der Waals surface area contributed by atoms with Gasteiger partial charge in [-0.05, 0) is 53.3 Å². The molecule has 0 aliphatic rings. The molecule has 0 fully saturated rings. The Morgan fingerprint density at radius 3 is 2.68 bits per heavy atom. The molecule has 2 N–H and O–H groups in total. The summed E-state index contributed by atoms with van der Waals surface area (Å²) in [6, 6.07) is 14.4. The zero-order valence-corrected chi connectivity index (χ0v) is 19.1. The molecule has 7 nitrogen and oxygen atoms in total. The molecule has 0 saturated heterocycles. The summed E-state index contributed by atoms with van der Waals surface area (Å²) < 4.78 is 8.26. The fourth-order valence-corrected chi connectivity index (χ4v) is 4.69. The van der Waals surface area contributed by atoms with E-state index in [1.54, 1.807) is 22.9 Å². The normalized spacial score (nSPS) is 12.5. The molecule has 1 atom stereocenters. The standard InChI is InChI=1S/C22H15ClIN5O2/c1-11(29-21-17(19(24)28-29)20(25)26-10-27-21)18-16(12-5-3-2-4-6-12)15-9-13(23)7-8-14(15)22(30)31-18/h2-11H,1H3,(H2,25,26,27). The third-order valence-electron chi connectivity index (χ3n) is 5.20. The average molecular weight is 544 g/mol. The largest absolute Gasteiger partial charge is 0.424 e. The van der Waals surface area contributed by atoms with Gasteiger partial charge in [-0.15, -0.1) is 0 Å². The van der Waals surface area contributed by atoms with E-state index in [0.29, 0.717) is 36.7 Å². The fourth-order valence-electron chi connectivity index (χ4n) is 3.77. The summed E-state index contributed by atoms with van der Waals surface area (Å²) >= 11 is 8.40. The third-order valence-corrected chi connectivity index (χ3v) is 6.19. The first-order valence-corrected chi connectivity index (χ1v) is 10.9. The van der Waals surface area contributed by atoms with Crippen LogP contribution >= 0.6 is 34.2 Å². The van der Waals surface area contributed by atoms with Gasteiger partial charge in [-0.2, -0.15) is 5.10 Å². The molecule has 2 aromatic carbocycles. The molecule has 0 radical (unpaired) electrons. The molecule has 31 heavy (non-hydrogen) atoms. The van der Waals surface area contributed by atoms with E-state index in [0.717, 1.165) is 16.5 Å². The van der Waals surface area contributed by atoms with Crippen molar-refractivity contribution < 1.29 is 4.42 Å². The number of aromatic nitrogens is 4. The number of fused-ring (bicyclic) bond motifs is 2. The van der Waals surface area contributed by atoms with Gasteiger partial charge in [0.2, 0.25) is 0 Å². The number of benzene rings is 2. The van der Waals surface area contributed by atoms with Crippen LogP contribution in [0.15, 0.2) is 64.1 Å². The predicted molar refractivity (Wildman–Crippen MR) is 129 cm³/mol. The Bertz CT molecular complexity index is 1510. The number of rotatable bonds is 3. The molecule has 3 aromatic heterocycles. The van der Waals surface area contributed by atoms with E-state index in [4.69, 9.17) is 21.8 Å². The van der Waals surface area contributed by atoms with E-state index in [9.17, 15) is 4.79 Å². The van der Waals surface area contributed by atoms with E-state index in [-0.39, 0.29) is 0 Å². The summed E-state index contributed by atoms with van der Waals surface area (Å²) in [7, 11) is 0. The molecule has 5 rings (SSSR count). The second-order valence-electron chi connectivity index (χ2n) is 7.05. The maximum Gasteiger partial charge on any atom is 0.343 e. The first-order valence-electron chi connectivity index (χ1n) is 9.41. The van der Waals surface area contributed by atoms with E-state index in [1.165, 1.54) is 6.33 Å². The second-order valence-corrected chi connectivity index (χ2v) is 8.51.